The SMILES string of the molecule is Cc1cnc(NC2CCN(S(=O)(=O)CCCN3CCC3)CC2)nc1-c1cnn(CC(C)(C)O)c1. The van der Waals surface area contributed by atoms with Crippen molar-refractivity contribution in [3.63, 3.8) is 0 Å². The summed E-state index contributed by atoms with van der Waals surface area (Å²) in [5, 5.41) is 17.8. The Morgan fingerprint density at radius 2 is 1.91 bits per heavy atom. The minimum Gasteiger partial charge on any atom is -0.389 e. The number of hydrogen-bond donors (Lipinski definition) is 2. The van der Waals surface area contributed by atoms with Crippen LogP contribution in [0.15, 0.2) is 18.6 Å². The Morgan fingerprint density at radius 1 is 1.18 bits per heavy atom. The van der Waals surface area contributed by atoms with Gasteiger partial charge >= 0.3 is 0 Å². The fourth-order valence-corrected chi connectivity index (χ4v) is 5.96. The summed E-state index contributed by atoms with van der Waals surface area (Å²) in [5.74, 6) is 0.763. The number of hydrogen-bond acceptors (Lipinski definition) is 8. The number of nitrogens with one attached hydrogen (secondary N) is 1. The quantitative estimate of drug-likeness (QED) is 0.516. The lowest BCUT2D eigenvalue weighted by molar-refractivity contribution is 0.0577. The Hall–Kier alpha value is -2.08. The standard InChI is InChI=1S/C23H37N7O3S/c1-18-14-24-22(27-21(18)19-15-25-29(16-19)17-23(2,3)31)26-20-6-11-30(12-7-20)34(32,33)13-5-10-28-8-4-9-28/h14-16,20,31H,4-13,17H2,1-3H3,(H,24,26,27). The lowest BCUT2D eigenvalue weighted by atomic mass is 10.1. The van der Waals surface area contributed by atoms with Crippen LogP contribution in [0.25, 0.3) is 11.3 Å². The molecule has 2 aliphatic heterocycles. The molecule has 0 spiro atoms. The van der Waals surface area contributed by atoms with Crippen LogP contribution in [0.4, 0.5) is 5.95 Å². The molecule has 188 valence electrons. The second kappa shape index (κ2) is 10.3. The second-order valence-electron chi connectivity index (χ2n) is 10.1. The number of piperidine rings is 1. The smallest absolute Gasteiger partial charge is 0.223 e. The summed E-state index contributed by atoms with van der Waals surface area (Å²) in [6.07, 6.45) is 8.79. The van der Waals surface area contributed by atoms with Crippen LogP contribution < -0.4 is 5.32 Å². The van der Waals surface area contributed by atoms with E-state index in [1.165, 1.54) is 6.42 Å². The fourth-order valence-electron chi connectivity index (χ4n) is 4.44. The average Bonchev–Trinajstić information content (AvgIpc) is 3.18. The Labute approximate surface area is 202 Å². The van der Waals surface area contributed by atoms with Gasteiger partial charge in [0.25, 0.3) is 0 Å². The van der Waals surface area contributed by atoms with Crippen molar-refractivity contribution in [2.24, 2.45) is 0 Å². The molecular formula is C23H37N7O3S. The van der Waals surface area contributed by atoms with Crippen molar-refractivity contribution >= 4 is 16.0 Å². The summed E-state index contributed by atoms with van der Waals surface area (Å²) in [6.45, 7) is 9.96. The molecule has 2 aliphatic rings. The maximum absolute atomic E-state index is 12.7. The van der Waals surface area contributed by atoms with Crippen LogP contribution in [0.2, 0.25) is 0 Å². The first-order valence-corrected chi connectivity index (χ1v) is 13.8. The van der Waals surface area contributed by atoms with Gasteiger partial charge in [0, 0.05) is 37.1 Å². The molecule has 0 saturated carbocycles. The van der Waals surface area contributed by atoms with Crippen molar-refractivity contribution < 1.29 is 13.5 Å². The number of nitrogens with zero attached hydrogens (tertiary/aromatic N) is 6. The maximum atomic E-state index is 12.7. The van der Waals surface area contributed by atoms with Crippen LogP contribution in [-0.4, -0.2) is 92.6 Å². The predicted octanol–water partition coefficient (Wildman–Crippen LogP) is 1.72. The normalized spacial score (nSPS) is 18.7. The third-order valence-electron chi connectivity index (χ3n) is 6.43. The van der Waals surface area contributed by atoms with E-state index in [0.717, 1.165) is 49.3 Å². The first-order chi connectivity index (χ1) is 16.1. The number of sulfonamides is 1. The molecule has 10 nitrogen and oxygen atoms in total. The first-order valence-electron chi connectivity index (χ1n) is 12.1. The number of likely N-dealkylation sites (tertiary alicyclic amines) is 1. The van der Waals surface area contributed by atoms with Gasteiger partial charge in [0.05, 0.1) is 29.8 Å². The molecule has 34 heavy (non-hydrogen) atoms. The minimum absolute atomic E-state index is 0.126. The van der Waals surface area contributed by atoms with E-state index in [9.17, 15) is 13.5 Å². The molecule has 2 saturated heterocycles. The Morgan fingerprint density at radius 3 is 2.56 bits per heavy atom. The summed E-state index contributed by atoms with van der Waals surface area (Å²) < 4.78 is 28.8. The van der Waals surface area contributed by atoms with Gasteiger partial charge in [-0.1, -0.05) is 0 Å². The maximum Gasteiger partial charge on any atom is 0.223 e. The molecule has 0 radical (unpaired) electrons. The average molecular weight is 492 g/mol. The molecule has 11 heteroatoms. The van der Waals surface area contributed by atoms with Crippen LogP contribution in [0.3, 0.4) is 0 Å². The molecule has 4 heterocycles. The highest BCUT2D eigenvalue weighted by Gasteiger charge is 2.28. The van der Waals surface area contributed by atoms with Crippen LogP contribution in [-0.2, 0) is 16.6 Å². The zero-order valence-corrected chi connectivity index (χ0v) is 21.3. The molecule has 0 bridgehead atoms. The van der Waals surface area contributed by atoms with E-state index < -0.39 is 15.6 Å². The monoisotopic (exact) mass is 491 g/mol. The van der Waals surface area contributed by atoms with Crippen molar-refractivity contribution in [1.29, 1.82) is 0 Å². The Bertz CT molecular complexity index is 1070. The lowest BCUT2D eigenvalue weighted by Gasteiger charge is -2.33. The van der Waals surface area contributed by atoms with Gasteiger partial charge in [-0.2, -0.15) is 5.10 Å². The number of aliphatic hydroxyl groups is 1. The highest BCUT2D eigenvalue weighted by molar-refractivity contribution is 7.89. The van der Waals surface area contributed by atoms with Gasteiger partial charge in [0.2, 0.25) is 16.0 Å². The zero-order valence-electron chi connectivity index (χ0n) is 20.4. The number of aromatic nitrogens is 4. The minimum atomic E-state index is -3.20. The van der Waals surface area contributed by atoms with E-state index in [4.69, 9.17) is 4.98 Å². The van der Waals surface area contributed by atoms with E-state index >= 15 is 0 Å². The van der Waals surface area contributed by atoms with Crippen molar-refractivity contribution in [3.05, 3.63) is 24.2 Å². The molecule has 2 aromatic heterocycles. The summed E-state index contributed by atoms with van der Waals surface area (Å²) in [4.78, 5) is 11.5. The lowest BCUT2D eigenvalue weighted by Crippen LogP contribution is -2.44. The van der Waals surface area contributed by atoms with Crippen molar-refractivity contribution in [3.8, 4) is 11.3 Å². The number of rotatable bonds is 10. The summed E-state index contributed by atoms with van der Waals surface area (Å²) in [7, 11) is -3.20. The molecule has 0 aromatic carbocycles. The highest BCUT2D eigenvalue weighted by Crippen LogP contribution is 2.24. The van der Waals surface area contributed by atoms with Crippen LogP contribution in [0, 0.1) is 6.92 Å². The van der Waals surface area contributed by atoms with E-state index in [0.29, 0.717) is 32.0 Å². The van der Waals surface area contributed by atoms with Crippen LogP contribution in [0.1, 0.15) is 45.1 Å². The van der Waals surface area contributed by atoms with Gasteiger partial charge in [-0.25, -0.2) is 22.7 Å². The van der Waals surface area contributed by atoms with E-state index in [1.807, 2.05) is 13.1 Å². The molecule has 0 aliphatic carbocycles. The summed E-state index contributed by atoms with van der Waals surface area (Å²) in [6, 6.07) is 0.126. The largest absolute Gasteiger partial charge is 0.389 e. The van der Waals surface area contributed by atoms with Gasteiger partial charge in [-0.3, -0.25) is 4.68 Å². The topological polar surface area (TPSA) is 116 Å². The molecular weight excluding hydrogens is 454 g/mol. The zero-order chi connectivity index (χ0) is 24.3. The van der Waals surface area contributed by atoms with E-state index in [2.05, 4.69) is 20.3 Å². The summed E-state index contributed by atoms with van der Waals surface area (Å²) >= 11 is 0. The van der Waals surface area contributed by atoms with Crippen LogP contribution >= 0.6 is 0 Å². The molecule has 0 atom stereocenters. The van der Waals surface area contributed by atoms with Gasteiger partial charge in [0.15, 0.2) is 0 Å². The van der Waals surface area contributed by atoms with Gasteiger partial charge < -0.3 is 15.3 Å². The molecule has 2 N–H and O–H groups in total. The van der Waals surface area contributed by atoms with E-state index in [1.54, 1.807) is 35.2 Å². The van der Waals surface area contributed by atoms with Crippen molar-refractivity contribution in [2.75, 3.05) is 43.8 Å². The first kappa shape index (κ1) is 25.0. The number of anilines is 1. The Kier molecular flexibility index (Phi) is 7.56. The van der Waals surface area contributed by atoms with Crippen molar-refractivity contribution in [1.82, 2.24) is 29.0 Å². The summed E-state index contributed by atoms with van der Waals surface area (Å²) in [5.41, 5.74) is 1.74. The van der Waals surface area contributed by atoms with Crippen LogP contribution in [0.5, 0.6) is 0 Å². The van der Waals surface area contributed by atoms with E-state index in [-0.39, 0.29) is 11.8 Å². The van der Waals surface area contributed by atoms with Gasteiger partial charge in [0.1, 0.15) is 0 Å². The van der Waals surface area contributed by atoms with Crippen molar-refractivity contribution in [2.45, 2.75) is 64.6 Å². The predicted molar refractivity (Wildman–Crippen MR) is 132 cm³/mol. The third kappa shape index (κ3) is 6.53. The highest BCUT2D eigenvalue weighted by atomic mass is 32.2. The van der Waals surface area contributed by atoms with Gasteiger partial charge in [-0.15, -0.1) is 0 Å². The molecule has 0 amide bonds. The Balaban J connectivity index is 1.32. The second-order valence-corrected chi connectivity index (χ2v) is 12.2. The van der Waals surface area contributed by atoms with Gasteiger partial charge in [-0.05, 0) is 71.7 Å². The molecule has 4 rings (SSSR count). The fraction of sp³-hybridized carbons (Fsp3) is 0.696. The molecule has 2 fully saturated rings. The number of aryl methyl sites for hydroxylation is 1. The molecule has 2 aromatic rings. The molecule has 0 unspecified atom stereocenters. The third-order valence-corrected chi connectivity index (χ3v) is 8.39.